The predicted molar refractivity (Wildman–Crippen MR) is 144 cm³/mol. The Hall–Kier alpha value is -3.44. The van der Waals surface area contributed by atoms with Crippen molar-refractivity contribution in [1.29, 1.82) is 0 Å². The second-order valence-electron chi connectivity index (χ2n) is 8.92. The average molecular weight is 500 g/mol. The van der Waals surface area contributed by atoms with Crippen LogP contribution < -0.4 is 5.32 Å². The van der Waals surface area contributed by atoms with E-state index < -0.39 is 23.7 Å². The minimum atomic E-state index is -1.04. The van der Waals surface area contributed by atoms with Crippen LogP contribution in [0.1, 0.15) is 34.7 Å². The molecule has 36 heavy (non-hydrogen) atoms. The van der Waals surface area contributed by atoms with Crippen molar-refractivity contribution < 1.29 is 14.6 Å². The van der Waals surface area contributed by atoms with E-state index in [1.165, 1.54) is 0 Å². The van der Waals surface area contributed by atoms with E-state index in [4.69, 9.17) is 16.3 Å². The largest absolute Gasteiger partial charge is 0.480 e. The lowest BCUT2D eigenvalue weighted by atomic mass is 9.76. The smallest absolute Gasteiger partial charge is 0.323 e. The lowest BCUT2D eigenvalue weighted by molar-refractivity contribution is -0.144. The van der Waals surface area contributed by atoms with Crippen molar-refractivity contribution in [3.05, 3.63) is 142 Å². The van der Waals surface area contributed by atoms with Gasteiger partial charge in [-0.15, -0.1) is 0 Å². The number of nitrogens with one attached hydrogen (secondary N) is 1. The first-order valence-corrected chi connectivity index (χ1v) is 12.3. The SMILES string of the molecule is Cc1ccc(C(N[C@H](C(=O)O)[C@@H](C)OCc2ccccc2)(c2ccccc2)c2ccccc2Cl)cc1. The number of aryl methyl sites for hydroxylation is 1. The fraction of sp³-hybridized carbons (Fsp3) is 0.194. The van der Waals surface area contributed by atoms with Gasteiger partial charge in [0.15, 0.2) is 0 Å². The molecule has 0 spiro atoms. The molecule has 184 valence electrons. The molecular weight excluding hydrogens is 470 g/mol. The topological polar surface area (TPSA) is 58.6 Å². The maximum Gasteiger partial charge on any atom is 0.323 e. The highest BCUT2D eigenvalue weighted by Crippen LogP contribution is 2.41. The molecule has 0 heterocycles. The summed E-state index contributed by atoms with van der Waals surface area (Å²) in [6.45, 7) is 4.12. The molecule has 0 bridgehead atoms. The Kier molecular flexibility index (Phi) is 8.21. The molecule has 0 aliphatic carbocycles. The van der Waals surface area contributed by atoms with Gasteiger partial charge in [0, 0.05) is 5.02 Å². The van der Waals surface area contributed by atoms with Crippen molar-refractivity contribution in [3.8, 4) is 0 Å². The molecule has 4 nitrogen and oxygen atoms in total. The summed E-state index contributed by atoms with van der Waals surface area (Å²) in [5.74, 6) is -1.00. The van der Waals surface area contributed by atoms with Gasteiger partial charge >= 0.3 is 5.97 Å². The summed E-state index contributed by atoms with van der Waals surface area (Å²) in [6.07, 6.45) is -0.640. The molecule has 4 aromatic rings. The standard InChI is InChI=1S/C31H30ClNO3/c1-22-17-19-26(20-18-22)31(25-13-7-4-8-14-25,27-15-9-10-16-28(27)32)33-29(30(34)35)23(2)36-21-24-11-5-3-6-12-24/h3-20,23,29,33H,21H2,1-2H3,(H,34,35)/t23-,29+,31?/m1/s1. The zero-order valence-corrected chi connectivity index (χ0v) is 21.2. The first-order chi connectivity index (χ1) is 17.4. The van der Waals surface area contributed by atoms with Gasteiger partial charge in [0.25, 0.3) is 0 Å². The van der Waals surface area contributed by atoms with E-state index in [-0.39, 0.29) is 0 Å². The summed E-state index contributed by atoms with van der Waals surface area (Å²) in [7, 11) is 0. The van der Waals surface area contributed by atoms with E-state index in [1.807, 2.05) is 116 Å². The van der Waals surface area contributed by atoms with Crippen molar-refractivity contribution in [3.63, 3.8) is 0 Å². The van der Waals surface area contributed by atoms with Crippen LogP contribution in [0, 0.1) is 6.92 Å². The van der Waals surface area contributed by atoms with Crippen LogP contribution in [0.2, 0.25) is 5.02 Å². The van der Waals surface area contributed by atoms with Crippen molar-refractivity contribution in [1.82, 2.24) is 5.32 Å². The van der Waals surface area contributed by atoms with Crippen LogP contribution in [0.4, 0.5) is 0 Å². The maximum absolute atomic E-state index is 12.7. The minimum Gasteiger partial charge on any atom is -0.480 e. The first-order valence-electron chi connectivity index (χ1n) is 12.0. The van der Waals surface area contributed by atoms with Crippen LogP contribution in [0.3, 0.4) is 0 Å². The first kappa shape index (κ1) is 25.6. The van der Waals surface area contributed by atoms with Crippen LogP contribution in [0.5, 0.6) is 0 Å². The molecule has 0 saturated heterocycles. The van der Waals surface area contributed by atoms with Crippen LogP contribution in [0.25, 0.3) is 0 Å². The van der Waals surface area contributed by atoms with Gasteiger partial charge in [-0.2, -0.15) is 0 Å². The molecule has 1 unspecified atom stereocenters. The van der Waals surface area contributed by atoms with Crippen molar-refractivity contribution in [2.75, 3.05) is 0 Å². The molecule has 0 amide bonds. The van der Waals surface area contributed by atoms with Gasteiger partial charge in [0.2, 0.25) is 0 Å². The van der Waals surface area contributed by atoms with E-state index in [2.05, 4.69) is 5.32 Å². The third-order valence-corrected chi connectivity index (χ3v) is 6.76. The van der Waals surface area contributed by atoms with Crippen LogP contribution in [-0.2, 0) is 21.7 Å². The van der Waals surface area contributed by atoms with Crippen LogP contribution in [0.15, 0.2) is 109 Å². The molecule has 4 aromatic carbocycles. The summed E-state index contributed by atoms with van der Waals surface area (Å²) in [6, 6.07) is 34.2. The minimum absolute atomic E-state index is 0.308. The molecule has 0 aliphatic rings. The van der Waals surface area contributed by atoms with Gasteiger partial charge in [-0.1, -0.05) is 120 Å². The number of hydrogen-bond donors (Lipinski definition) is 2. The Balaban J connectivity index is 1.84. The fourth-order valence-electron chi connectivity index (χ4n) is 4.49. The summed E-state index contributed by atoms with van der Waals surface area (Å²) >= 11 is 6.80. The molecule has 0 fully saturated rings. The molecule has 0 aromatic heterocycles. The summed E-state index contributed by atoms with van der Waals surface area (Å²) < 4.78 is 6.08. The number of benzene rings is 4. The maximum atomic E-state index is 12.7. The lowest BCUT2D eigenvalue weighted by Crippen LogP contribution is -2.57. The summed E-state index contributed by atoms with van der Waals surface area (Å²) in [5, 5.41) is 14.4. The normalized spacial score (nSPS) is 14.5. The Morgan fingerprint density at radius 1 is 0.861 bits per heavy atom. The second kappa shape index (κ2) is 11.5. The fourth-order valence-corrected chi connectivity index (χ4v) is 4.77. The van der Waals surface area contributed by atoms with E-state index >= 15 is 0 Å². The zero-order chi connectivity index (χ0) is 25.5. The summed E-state index contributed by atoms with van der Waals surface area (Å²) in [4.78, 5) is 12.7. The van der Waals surface area contributed by atoms with Crippen molar-refractivity contribution in [2.24, 2.45) is 0 Å². The van der Waals surface area contributed by atoms with Gasteiger partial charge in [-0.25, -0.2) is 0 Å². The van der Waals surface area contributed by atoms with Gasteiger partial charge < -0.3 is 9.84 Å². The van der Waals surface area contributed by atoms with E-state index in [9.17, 15) is 9.90 Å². The number of hydrogen-bond acceptors (Lipinski definition) is 3. The van der Waals surface area contributed by atoms with E-state index in [1.54, 1.807) is 6.92 Å². The molecule has 3 atom stereocenters. The Morgan fingerprint density at radius 3 is 2.03 bits per heavy atom. The zero-order valence-electron chi connectivity index (χ0n) is 20.4. The number of carbonyl (C=O) groups is 1. The highest BCUT2D eigenvalue weighted by atomic mass is 35.5. The Bertz CT molecular complexity index is 1280. The third-order valence-electron chi connectivity index (χ3n) is 6.43. The number of carboxylic acid groups (broad SMARTS) is 1. The van der Waals surface area contributed by atoms with Gasteiger partial charge in [-0.3, -0.25) is 10.1 Å². The average Bonchev–Trinajstić information content (AvgIpc) is 2.90. The van der Waals surface area contributed by atoms with Gasteiger partial charge in [0.05, 0.1) is 18.2 Å². The molecule has 5 heteroatoms. The molecule has 0 aliphatic heterocycles. The van der Waals surface area contributed by atoms with Gasteiger partial charge in [-0.05, 0) is 42.2 Å². The monoisotopic (exact) mass is 499 g/mol. The van der Waals surface area contributed by atoms with E-state index in [0.717, 1.165) is 27.8 Å². The van der Waals surface area contributed by atoms with Crippen molar-refractivity contribution >= 4 is 17.6 Å². The molecule has 0 radical (unpaired) electrons. The Morgan fingerprint density at radius 2 is 1.42 bits per heavy atom. The van der Waals surface area contributed by atoms with E-state index in [0.29, 0.717) is 11.6 Å². The Labute approximate surface area is 217 Å². The van der Waals surface area contributed by atoms with Crippen LogP contribution in [-0.4, -0.2) is 23.2 Å². The third kappa shape index (κ3) is 5.52. The van der Waals surface area contributed by atoms with Gasteiger partial charge in [0.1, 0.15) is 6.04 Å². The number of aliphatic carboxylic acids is 1. The molecule has 4 rings (SSSR count). The quantitative estimate of drug-likeness (QED) is 0.242. The second-order valence-corrected chi connectivity index (χ2v) is 9.33. The predicted octanol–water partition coefficient (Wildman–Crippen LogP) is 6.59. The lowest BCUT2D eigenvalue weighted by Gasteiger charge is -2.41. The highest BCUT2D eigenvalue weighted by molar-refractivity contribution is 6.31. The number of carboxylic acids is 1. The van der Waals surface area contributed by atoms with Crippen molar-refractivity contribution in [2.45, 2.75) is 38.1 Å². The number of halogens is 1. The number of rotatable bonds is 10. The number of ether oxygens (including phenoxy) is 1. The highest BCUT2D eigenvalue weighted by Gasteiger charge is 2.42. The summed E-state index contributed by atoms with van der Waals surface area (Å²) in [5.41, 5.74) is 3.57. The molecular formula is C31H30ClNO3. The molecule has 2 N–H and O–H groups in total. The van der Waals surface area contributed by atoms with Crippen LogP contribution >= 0.6 is 11.6 Å². The molecule has 0 saturated carbocycles.